The molecule has 0 spiro atoms. The van der Waals surface area contributed by atoms with Crippen molar-refractivity contribution in [3.8, 4) is 22.9 Å². The van der Waals surface area contributed by atoms with Gasteiger partial charge in [-0.2, -0.15) is 4.80 Å². The van der Waals surface area contributed by atoms with Crippen molar-refractivity contribution in [2.24, 2.45) is 0 Å². The summed E-state index contributed by atoms with van der Waals surface area (Å²) in [7, 11) is 3.14. The van der Waals surface area contributed by atoms with Crippen LogP contribution in [0.2, 0.25) is 0 Å². The Kier molecular flexibility index (Phi) is 6.30. The van der Waals surface area contributed by atoms with Gasteiger partial charge in [0.05, 0.1) is 14.2 Å². The Labute approximate surface area is 181 Å². The van der Waals surface area contributed by atoms with Crippen LogP contribution in [0.4, 0.5) is 11.4 Å². The molecule has 1 fully saturated rings. The first-order chi connectivity index (χ1) is 15.2. The van der Waals surface area contributed by atoms with E-state index < -0.39 is 0 Å². The zero-order valence-electron chi connectivity index (χ0n) is 17.7. The summed E-state index contributed by atoms with van der Waals surface area (Å²) in [5, 5.41) is 15.2. The number of rotatable bonds is 7. The highest BCUT2D eigenvalue weighted by atomic mass is 16.5. The van der Waals surface area contributed by atoms with E-state index in [9.17, 15) is 4.79 Å². The van der Waals surface area contributed by atoms with Crippen LogP contribution in [0.5, 0.6) is 11.5 Å². The summed E-state index contributed by atoms with van der Waals surface area (Å²) >= 11 is 0. The maximum Gasteiger partial charge on any atom is 0.248 e. The van der Waals surface area contributed by atoms with Crippen LogP contribution >= 0.6 is 0 Å². The number of anilines is 2. The van der Waals surface area contributed by atoms with E-state index in [-0.39, 0.29) is 12.5 Å². The molecule has 1 aliphatic rings. The minimum Gasteiger partial charge on any atom is -0.493 e. The molecule has 31 heavy (non-hydrogen) atoms. The molecule has 4 rings (SSSR count). The molecular formula is C22H26N6O3. The molecular weight excluding hydrogens is 396 g/mol. The van der Waals surface area contributed by atoms with Crippen LogP contribution in [0.1, 0.15) is 19.3 Å². The monoisotopic (exact) mass is 422 g/mol. The van der Waals surface area contributed by atoms with Crippen LogP contribution in [0.15, 0.2) is 42.5 Å². The third-order valence-electron chi connectivity index (χ3n) is 5.25. The Morgan fingerprint density at radius 3 is 2.45 bits per heavy atom. The fourth-order valence-electron chi connectivity index (χ4n) is 3.64. The van der Waals surface area contributed by atoms with Crippen molar-refractivity contribution in [1.82, 2.24) is 20.2 Å². The number of aromatic nitrogens is 4. The van der Waals surface area contributed by atoms with Gasteiger partial charge < -0.3 is 19.7 Å². The molecule has 2 heterocycles. The number of benzene rings is 2. The Bertz CT molecular complexity index is 1030. The molecule has 0 atom stereocenters. The summed E-state index contributed by atoms with van der Waals surface area (Å²) < 4.78 is 10.5. The molecule has 1 saturated heterocycles. The maximum atomic E-state index is 12.4. The first kappa shape index (κ1) is 20.6. The summed E-state index contributed by atoms with van der Waals surface area (Å²) in [5.74, 6) is 1.37. The Morgan fingerprint density at radius 2 is 1.74 bits per heavy atom. The molecule has 2 aromatic carbocycles. The fourth-order valence-corrected chi connectivity index (χ4v) is 3.64. The van der Waals surface area contributed by atoms with Crippen molar-refractivity contribution in [3.63, 3.8) is 0 Å². The van der Waals surface area contributed by atoms with Gasteiger partial charge in [0, 0.05) is 30.0 Å². The number of carbonyl (C=O) groups is 1. The van der Waals surface area contributed by atoms with Crippen molar-refractivity contribution in [1.29, 1.82) is 0 Å². The number of amides is 1. The van der Waals surface area contributed by atoms with Crippen LogP contribution in [0.25, 0.3) is 11.4 Å². The van der Waals surface area contributed by atoms with E-state index in [1.807, 2.05) is 30.3 Å². The quantitative estimate of drug-likeness (QED) is 0.625. The van der Waals surface area contributed by atoms with E-state index in [0.717, 1.165) is 24.3 Å². The van der Waals surface area contributed by atoms with Gasteiger partial charge in [0.2, 0.25) is 11.7 Å². The molecule has 0 bridgehead atoms. The molecule has 0 aliphatic carbocycles. The van der Waals surface area contributed by atoms with Crippen LogP contribution in [-0.4, -0.2) is 53.4 Å². The van der Waals surface area contributed by atoms with Gasteiger partial charge in [-0.1, -0.05) is 0 Å². The highest BCUT2D eigenvalue weighted by Crippen LogP contribution is 2.30. The minimum absolute atomic E-state index is 0.0336. The lowest BCUT2D eigenvalue weighted by atomic mass is 10.1. The van der Waals surface area contributed by atoms with Gasteiger partial charge in [-0.25, -0.2) is 0 Å². The first-order valence-electron chi connectivity index (χ1n) is 10.3. The van der Waals surface area contributed by atoms with E-state index in [1.54, 1.807) is 26.4 Å². The summed E-state index contributed by atoms with van der Waals surface area (Å²) in [5.41, 5.74) is 2.65. The summed E-state index contributed by atoms with van der Waals surface area (Å²) in [6.45, 7) is 2.15. The van der Waals surface area contributed by atoms with Gasteiger partial charge in [0.15, 0.2) is 11.5 Å². The zero-order valence-corrected chi connectivity index (χ0v) is 17.7. The van der Waals surface area contributed by atoms with Crippen LogP contribution in [0, 0.1) is 0 Å². The van der Waals surface area contributed by atoms with E-state index in [4.69, 9.17) is 9.47 Å². The minimum atomic E-state index is -0.220. The number of piperidine rings is 1. The van der Waals surface area contributed by atoms with E-state index in [2.05, 4.69) is 25.6 Å². The summed E-state index contributed by atoms with van der Waals surface area (Å²) in [4.78, 5) is 16.1. The predicted octanol–water partition coefficient (Wildman–Crippen LogP) is 2.99. The Morgan fingerprint density at radius 1 is 1.00 bits per heavy atom. The third-order valence-corrected chi connectivity index (χ3v) is 5.25. The number of hydrogen-bond acceptors (Lipinski definition) is 7. The van der Waals surface area contributed by atoms with Gasteiger partial charge in [0.25, 0.3) is 0 Å². The Hall–Kier alpha value is -3.62. The molecule has 0 radical (unpaired) electrons. The van der Waals surface area contributed by atoms with Crippen LogP contribution in [-0.2, 0) is 11.3 Å². The molecule has 1 aromatic heterocycles. The van der Waals surface area contributed by atoms with Gasteiger partial charge >= 0.3 is 0 Å². The van der Waals surface area contributed by atoms with Crippen molar-refractivity contribution in [2.45, 2.75) is 25.8 Å². The number of tetrazole rings is 1. The van der Waals surface area contributed by atoms with Gasteiger partial charge in [0.1, 0.15) is 6.54 Å². The van der Waals surface area contributed by atoms with Gasteiger partial charge in [-0.05, 0) is 66.9 Å². The first-order valence-corrected chi connectivity index (χ1v) is 10.3. The molecule has 9 nitrogen and oxygen atoms in total. The van der Waals surface area contributed by atoms with E-state index in [1.165, 1.54) is 29.7 Å². The lowest BCUT2D eigenvalue weighted by Crippen LogP contribution is -2.29. The smallest absolute Gasteiger partial charge is 0.248 e. The second-order valence-corrected chi connectivity index (χ2v) is 7.36. The highest BCUT2D eigenvalue weighted by molar-refractivity contribution is 5.90. The summed E-state index contributed by atoms with van der Waals surface area (Å²) in [6.07, 6.45) is 3.76. The second-order valence-electron chi connectivity index (χ2n) is 7.36. The average molecular weight is 422 g/mol. The van der Waals surface area contributed by atoms with Gasteiger partial charge in [-0.15, -0.1) is 10.2 Å². The third kappa shape index (κ3) is 4.93. The highest BCUT2D eigenvalue weighted by Gasteiger charge is 2.13. The largest absolute Gasteiger partial charge is 0.493 e. The molecule has 3 aromatic rings. The molecule has 1 amide bonds. The average Bonchev–Trinajstić information content (AvgIpc) is 3.28. The molecule has 9 heteroatoms. The Balaban J connectivity index is 1.37. The van der Waals surface area contributed by atoms with Crippen molar-refractivity contribution >= 4 is 17.3 Å². The standard InChI is InChI=1S/C22H26N6O3/c1-30-19-11-6-16(14-20(19)31-2)22-24-26-28(25-22)15-21(29)23-17-7-9-18(10-8-17)27-12-4-3-5-13-27/h6-11,14H,3-5,12-13,15H2,1-2H3,(H,23,29). The number of ether oxygens (including phenoxy) is 2. The predicted molar refractivity (Wildman–Crippen MR) is 117 cm³/mol. The zero-order chi connectivity index (χ0) is 21.6. The van der Waals surface area contributed by atoms with E-state index in [0.29, 0.717) is 17.3 Å². The number of nitrogens with one attached hydrogen (secondary N) is 1. The van der Waals surface area contributed by atoms with Crippen molar-refractivity contribution < 1.29 is 14.3 Å². The van der Waals surface area contributed by atoms with Crippen LogP contribution < -0.4 is 19.7 Å². The fraction of sp³-hybridized carbons (Fsp3) is 0.364. The molecule has 0 unspecified atom stereocenters. The number of nitrogens with zero attached hydrogens (tertiary/aromatic N) is 5. The topological polar surface area (TPSA) is 94.4 Å². The summed E-state index contributed by atoms with van der Waals surface area (Å²) in [6, 6.07) is 13.3. The van der Waals surface area contributed by atoms with E-state index >= 15 is 0 Å². The van der Waals surface area contributed by atoms with Crippen molar-refractivity contribution in [2.75, 3.05) is 37.5 Å². The lowest BCUT2D eigenvalue weighted by Gasteiger charge is -2.28. The van der Waals surface area contributed by atoms with Crippen LogP contribution in [0.3, 0.4) is 0 Å². The van der Waals surface area contributed by atoms with Gasteiger partial charge in [-0.3, -0.25) is 4.79 Å². The van der Waals surface area contributed by atoms with Crippen molar-refractivity contribution in [3.05, 3.63) is 42.5 Å². The lowest BCUT2D eigenvalue weighted by molar-refractivity contribution is -0.117. The number of hydrogen-bond donors (Lipinski definition) is 1. The number of methoxy groups -OCH3 is 2. The molecule has 162 valence electrons. The number of carbonyl (C=O) groups excluding carboxylic acids is 1. The SMILES string of the molecule is COc1ccc(-c2nnn(CC(=O)Nc3ccc(N4CCCCC4)cc3)n2)cc1OC. The normalized spacial score (nSPS) is 13.7. The maximum absolute atomic E-state index is 12.4. The molecule has 1 aliphatic heterocycles. The molecule has 0 saturated carbocycles. The second kappa shape index (κ2) is 9.46. The molecule has 1 N–H and O–H groups in total.